The number of ether oxygens (including phenoxy) is 1. The largest absolute Gasteiger partial charge is 0.489 e. The van der Waals surface area contributed by atoms with Crippen LogP contribution in [-0.4, -0.2) is 26.3 Å². The fourth-order valence-corrected chi connectivity index (χ4v) is 4.62. The van der Waals surface area contributed by atoms with Crippen LogP contribution < -0.4 is 4.74 Å². The molecule has 1 saturated carbocycles. The van der Waals surface area contributed by atoms with Gasteiger partial charge in [0.15, 0.2) is 0 Å². The highest BCUT2D eigenvalue weighted by molar-refractivity contribution is 5.97. The average molecular weight is 409 g/mol. The normalized spacial score (nSPS) is 15.0. The minimum absolute atomic E-state index is 0.316. The molecule has 2 N–H and O–H groups in total. The predicted molar refractivity (Wildman–Crippen MR) is 124 cm³/mol. The van der Waals surface area contributed by atoms with Crippen molar-refractivity contribution in [1.29, 1.82) is 0 Å². The zero-order valence-corrected chi connectivity index (χ0v) is 17.3. The Labute approximate surface area is 180 Å². The van der Waals surface area contributed by atoms with Gasteiger partial charge in [-0.2, -0.15) is 5.10 Å². The molecular weight excluding hydrogens is 384 g/mol. The van der Waals surface area contributed by atoms with Gasteiger partial charge in [0.1, 0.15) is 11.4 Å². The molecular formula is C26H24N4O. The molecule has 0 saturated heterocycles. The number of pyridine rings is 1. The molecule has 1 fully saturated rings. The molecule has 154 valence electrons. The number of H-pyrrole nitrogens is 2. The fraction of sp³-hybridized carbons (Fsp3) is 0.231. The van der Waals surface area contributed by atoms with Crippen molar-refractivity contribution in [2.45, 2.75) is 38.2 Å². The number of fused-ring (bicyclic) bond motifs is 2. The Morgan fingerprint density at radius 1 is 0.839 bits per heavy atom. The molecule has 2 aromatic carbocycles. The summed E-state index contributed by atoms with van der Waals surface area (Å²) in [6.45, 7) is 0. The van der Waals surface area contributed by atoms with Gasteiger partial charge in [-0.3, -0.25) is 10.1 Å². The van der Waals surface area contributed by atoms with Crippen LogP contribution in [0, 0.1) is 0 Å². The van der Waals surface area contributed by atoms with Crippen molar-refractivity contribution < 1.29 is 4.74 Å². The van der Waals surface area contributed by atoms with Crippen LogP contribution in [0.1, 0.15) is 32.1 Å². The van der Waals surface area contributed by atoms with E-state index in [0.717, 1.165) is 57.5 Å². The van der Waals surface area contributed by atoms with Crippen molar-refractivity contribution in [1.82, 2.24) is 20.2 Å². The Hall–Kier alpha value is -3.60. The summed E-state index contributed by atoms with van der Waals surface area (Å²) in [6, 6.07) is 18.9. The number of aromatic nitrogens is 4. The van der Waals surface area contributed by atoms with Gasteiger partial charge >= 0.3 is 0 Å². The summed E-state index contributed by atoms with van der Waals surface area (Å²) in [6.07, 6.45) is 10.1. The molecule has 5 aromatic rings. The number of para-hydroxylation sites is 1. The van der Waals surface area contributed by atoms with Crippen molar-refractivity contribution in [3.8, 4) is 28.3 Å². The average Bonchev–Trinajstić information content (AvgIpc) is 3.43. The van der Waals surface area contributed by atoms with E-state index in [0.29, 0.717) is 6.10 Å². The zero-order valence-electron chi connectivity index (χ0n) is 17.3. The molecule has 3 heterocycles. The molecule has 6 rings (SSSR count). The highest BCUT2D eigenvalue weighted by atomic mass is 16.5. The molecule has 1 aliphatic carbocycles. The van der Waals surface area contributed by atoms with E-state index in [2.05, 4.69) is 68.7 Å². The maximum absolute atomic E-state index is 6.23. The van der Waals surface area contributed by atoms with Crippen LogP contribution in [0.5, 0.6) is 5.75 Å². The Bertz CT molecular complexity index is 1330. The highest BCUT2D eigenvalue weighted by Crippen LogP contribution is 2.33. The summed E-state index contributed by atoms with van der Waals surface area (Å²) in [7, 11) is 0. The summed E-state index contributed by atoms with van der Waals surface area (Å²) >= 11 is 0. The first-order chi connectivity index (χ1) is 15.3. The maximum atomic E-state index is 6.23. The highest BCUT2D eigenvalue weighted by Gasteiger charge is 2.16. The van der Waals surface area contributed by atoms with Crippen LogP contribution in [-0.2, 0) is 0 Å². The van der Waals surface area contributed by atoms with Gasteiger partial charge in [-0.05, 0) is 61.6 Å². The van der Waals surface area contributed by atoms with E-state index < -0.39 is 0 Å². The van der Waals surface area contributed by atoms with Gasteiger partial charge in [0.25, 0.3) is 0 Å². The lowest BCUT2D eigenvalue weighted by atomic mass is 9.98. The van der Waals surface area contributed by atoms with E-state index in [-0.39, 0.29) is 0 Å². The Kier molecular flexibility index (Phi) is 4.45. The Balaban J connectivity index is 1.36. The summed E-state index contributed by atoms with van der Waals surface area (Å²) in [5.41, 5.74) is 6.22. The first kappa shape index (κ1) is 18.2. The van der Waals surface area contributed by atoms with Gasteiger partial charge in [-0.25, -0.2) is 0 Å². The lowest BCUT2D eigenvalue weighted by Gasteiger charge is -2.23. The molecule has 0 aliphatic heterocycles. The summed E-state index contributed by atoms with van der Waals surface area (Å²) in [4.78, 5) is 7.94. The predicted octanol–water partition coefficient (Wildman–Crippen LogP) is 6.48. The number of benzene rings is 2. The van der Waals surface area contributed by atoms with Crippen molar-refractivity contribution in [2.24, 2.45) is 0 Å². The van der Waals surface area contributed by atoms with Crippen LogP contribution in [0.3, 0.4) is 0 Å². The summed E-state index contributed by atoms with van der Waals surface area (Å²) in [5, 5.41) is 10.0. The molecule has 0 unspecified atom stereocenters. The number of hydrogen-bond donors (Lipinski definition) is 2. The van der Waals surface area contributed by atoms with Gasteiger partial charge < -0.3 is 9.72 Å². The van der Waals surface area contributed by atoms with Gasteiger partial charge in [0, 0.05) is 28.0 Å². The van der Waals surface area contributed by atoms with E-state index in [1.807, 2.05) is 18.5 Å². The van der Waals surface area contributed by atoms with Crippen LogP contribution in [0.15, 0.2) is 67.0 Å². The lowest BCUT2D eigenvalue weighted by molar-refractivity contribution is 0.154. The third-order valence-corrected chi connectivity index (χ3v) is 6.25. The van der Waals surface area contributed by atoms with Gasteiger partial charge in [-0.1, -0.05) is 30.7 Å². The molecule has 5 heteroatoms. The first-order valence-electron chi connectivity index (χ1n) is 11.0. The number of nitrogens with one attached hydrogen (secondary N) is 2. The van der Waals surface area contributed by atoms with Crippen molar-refractivity contribution in [3.05, 3.63) is 67.0 Å². The number of rotatable bonds is 4. The molecule has 0 bridgehead atoms. The van der Waals surface area contributed by atoms with Gasteiger partial charge in [-0.15, -0.1) is 0 Å². The van der Waals surface area contributed by atoms with Crippen LogP contribution in [0.2, 0.25) is 0 Å². The monoisotopic (exact) mass is 408 g/mol. The maximum Gasteiger partial charge on any atom is 0.138 e. The standard InChI is InChI=1S/C26H24N4O/c1-2-7-20(8-3-1)31-21-12-19(15-27-16-21)17-10-11-24-22(13-17)26(30-29-24)25-14-18-6-4-5-9-23(18)28-25/h4-6,9-16,20,28H,1-3,7-8H2,(H,29,30). The number of aromatic amines is 2. The van der Waals surface area contributed by atoms with Crippen molar-refractivity contribution in [2.75, 3.05) is 0 Å². The molecule has 31 heavy (non-hydrogen) atoms. The SMILES string of the molecule is c1ccc2[nH]c(-c3n[nH]c4ccc(-c5cncc(OC6CCCCC6)c5)cc34)cc2c1. The van der Waals surface area contributed by atoms with E-state index in [1.54, 1.807) is 0 Å². The third-order valence-electron chi connectivity index (χ3n) is 6.25. The summed E-state index contributed by atoms with van der Waals surface area (Å²) < 4.78 is 6.23. The Morgan fingerprint density at radius 3 is 2.65 bits per heavy atom. The minimum Gasteiger partial charge on any atom is -0.489 e. The van der Waals surface area contributed by atoms with E-state index in [9.17, 15) is 0 Å². The van der Waals surface area contributed by atoms with Crippen molar-refractivity contribution >= 4 is 21.8 Å². The fourth-order valence-electron chi connectivity index (χ4n) is 4.62. The molecule has 0 spiro atoms. The van der Waals surface area contributed by atoms with E-state index in [1.165, 1.54) is 24.6 Å². The number of hydrogen-bond acceptors (Lipinski definition) is 3. The zero-order chi connectivity index (χ0) is 20.6. The number of nitrogens with zero attached hydrogens (tertiary/aromatic N) is 2. The molecule has 0 atom stereocenters. The first-order valence-corrected chi connectivity index (χ1v) is 11.0. The van der Waals surface area contributed by atoms with Crippen molar-refractivity contribution in [3.63, 3.8) is 0 Å². The molecule has 0 radical (unpaired) electrons. The van der Waals surface area contributed by atoms with Crippen LogP contribution >= 0.6 is 0 Å². The van der Waals surface area contributed by atoms with Gasteiger partial charge in [0.2, 0.25) is 0 Å². The third kappa shape index (κ3) is 3.46. The van der Waals surface area contributed by atoms with Crippen LogP contribution in [0.4, 0.5) is 0 Å². The molecule has 0 amide bonds. The topological polar surface area (TPSA) is 66.6 Å². The lowest BCUT2D eigenvalue weighted by Crippen LogP contribution is -2.19. The van der Waals surface area contributed by atoms with Gasteiger partial charge in [0.05, 0.1) is 23.5 Å². The summed E-state index contributed by atoms with van der Waals surface area (Å²) in [5.74, 6) is 0.854. The molecule has 3 aromatic heterocycles. The smallest absolute Gasteiger partial charge is 0.138 e. The second-order valence-corrected chi connectivity index (χ2v) is 8.39. The second-order valence-electron chi connectivity index (χ2n) is 8.39. The molecule has 5 nitrogen and oxygen atoms in total. The van der Waals surface area contributed by atoms with E-state index in [4.69, 9.17) is 4.74 Å². The van der Waals surface area contributed by atoms with E-state index >= 15 is 0 Å². The Morgan fingerprint density at radius 2 is 1.74 bits per heavy atom. The quantitative estimate of drug-likeness (QED) is 0.357. The minimum atomic E-state index is 0.316. The molecule has 1 aliphatic rings. The van der Waals surface area contributed by atoms with Crippen LogP contribution in [0.25, 0.3) is 44.3 Å². The second kappa shape index (κ2) is 7.58.